The minimum atomic E-state index is -0.501. The van der Waals surface area contributed by atoms with Crippen molar-refractivity contribution < 1.29 is 4.92 Å². The second kappa shape index (κ2) is 4.24. The number of anilines is 2. The van der Waals surface area contributed by atoms with Gasteiger partial charge in [-0.15, -0.1) is 0 Å². The molecule has 4 N–H and O–H groups in total. The Labute approximate surface area is 102 Å². The van der Waals surface area contributed by atoms with E-state index in [0.717, 1.165) is 0 Å². The third-order valence-corrected chi connectivity index (χ3v) is 2.34. The van der Waals surface area contributed by atoms with Gasteiger partial charge in [0.05, 0.1) is 4.92 Å². The third-order valence-electron chi connectivity index (χ3n) is 2.34. The van der Waals surface area contributed by atoms with E-state index in [4.69, 9.17) is 11.5 Å². The zero-order valence-electron chi connectivity index (χ0n) is 9.49. The highest BCUT2D eigenvalue weighted by Crippen LogP contribution is 2.30. The Balaban J connectivity index is 2.73. The normalized spacial score (nSPS) is 10.3. The van der Waals surface area contributed by atoms with E-state index >= 15 is 0 Å². The maximum Gasteiger partial charge on any atom is 0.280 e. The van der Waals surface area contributed by atoms with Crippen LogP contribution in [0.2, 0.25) is 0 Å². The smallest absolute Gasteiger partial charge is 0.280 e. The van der Waals surface area contributed by atoms with Crippen LogP contribution >= 0.6 is 0 Å². The second-order valence-corrected chi connectivity index (χ2v) is 3.60. The molecule has 0 saturated carbocycles. The number of aryl methyl sites for hydroxylation is 1. The van der Waals surface area contributed by atoms with Crippen LogP contribution in [-0.2, 0) is 0 Å². The zero-order chi connectivity index (χ0) is 13.3. The summed E-state index contributed by atoms with van der Waals surface area (Å²) in [7, 11) is 0. The monoisotopic (exact) mass is 246 g/mol. The van der Waals surface area contributed by atoms with Crippen LogP contribution in [0.1, 0.15) is 5.56 Å². The fourth-order valence-corrected chi connectivity index (χ4v) is 1.62. The summed E-state index contributed by atoms with van der Waals surface area (Å²) in [5, 5.41) is 11.0. The van der Waals surface area contributed by atoms with Crippen molar-refractivity contribution in [1.82, 2.24) is 15.0 Å². The molecule has 8 heteroatoms. The zero-order valence-corrected chi connectivity index (χ0v) is 9.49. The first-order valence-electron chi connectivity index (χ1n) is 5.00. The average Bonchev–Trinajstić information content (AvgIpc) is 2.26. The number of benzene rings is 1. The largest absolute Gasteiger partial charge is 0.368 e. The number of hydrogen-bond donors (Lipinski definition) is 2. The lowest BCUT2D eigenvalue weighted by molar-refractivity contribution is -0.384. The van der Waals surface area contributed by atoms with Gasteiger partial charge in [0.2, 0.25) is 11.9 Å². The summed E-state index contributed by atoms with van der Waals surface area (Å²) in [6.07, 6.45) is 0. The second-order valence-electron chi connectivity index (χ2n) is 3.60. The van der Waals surface area contributed by atoms with E-state index in [1.165, 1.54) is 6.07 Å². The molecule has 1 aromatic heterocycles. The number of nitrogens with two attached hydrogens (primary N) is 2. The molecule has 92 valence electrons. The molecule has 0 bridgehead atoms. The summed E-state index contributed by atoms with van der Waals surface area (Å²) in [5.41, 5.74) is 11.8. The van der Waals surface area contributed by atoms with Crippen molar-refractivity contribution in [2.24, 2.45) is 0 Å². The highest BCUT2D eigenvalue weighted by molar-refractivity contribution is 5.72. The highest BCUT2D eigenvalue weighted by atomic mass is 16.6. The van der Waals surface area contributed by atoms with E-state index in [1.807, 2.05) is 0 Å². The summed E-state index contributed by atoms with van der Waals surface area (Å²) in [6, 6.07) is 4.68. The molecule has 0 aliphatic carbocycles. The molecule has 0 atom stereocenters. The van der Waals surface area contributed by atoms with Crippen LogP contribution in [0, 0.1) is 17.0 Å². The van der Waals surface area contributed by atoms with Crippen LogP contribution in [0.3, 0.4) is 0 Å². The average molecular weight is 246 g/mol. The molecule has 0 saturated heterocycles. The number of nitrogen functional groups attached to an aromatic ring is 2. The first-order chi connectivity index (χ1) is 8.49. The van der Waals surface area contributed by atoms with Gasteiger partial charge in [-0.1, -0.05) is 12.1 Å². The lowest BCUT2D eigenvalue weighted by atomic mass is 10.1. The number of nitro groups is 1. The van der Waals surface area contributed by atoms with Gasteiger partial charge in [-0.2, -0.15) is 15.0 Å². The summed E-state index contributed by atoms with van der Waals surface area (Å²) < 4.78 is 0. The van der Waals surface area contributed by atoms with E-state index < -0.39 is 4.92 Å². The predicted octanol–water partition coefficient (Wildman–Crippen LogP) is 0.920. The summed E-state index contributed by atoms with van der Waals surface area (Å²) in [4.78, 5) is 21.9. The van der Waals surface area contributed by atoms with Crippen molar-refractivity contribution in [3.05, 3.63) is 33.9 Å². The van der Waals surface area contributed by atoms with E-state index in [0.29, 0.717) is 11.1 Å². The van der Waals surface area contributed by atoms with Crippen molar-refractivity contribution in [3.63, 3.8) is 0 Å². The van der Waals surface area contributed by atoms with Crippen LogP contribution in [0.25, 0.3) is 11.4 Å². The van der Waals surface area contributed by atoms with Gasteiger partial charge in [-0.05, 0) is 12.5 Å². The highest BCUT2D eigenvalue weighted by Gasteiger charge is 2.20. The van der Waals surface area contributed by atoms with Gasteiger partial charge in [-0.25, -0.2) is 0 Å². The predicted molar refractivity (Wildman–Crippen MR) is 65.5 cm³/mol. The van der Waals surface area contributed by atoms with Crippen LogP contribution in [0.5, 0.6) is 0 Å². The Morgan fingerprint density at radius 3 is 2.33 bits per heavy atom. The molecule has 2 aromatic rings. The fraction of sp³-hybridized carbons (Fsp3) is 0.100. The van der Waals surface area contributed by atoms with E-state index in [2.05, 4.69) is 15.0 Å². The van der Waals surface area contributed by atoms with Gasteiger partial charge < -0.3 is 11.5 Å². The van der Waals surface area contributed by atoms with Crippen LogP contribution in [-0.4, -0.2) is 19.9 Å². The number of nitro benzene ring substituents is 1. The van der Waals surface area contributed by atoms with Crippen LogP contribution < -0.4 is 11.5 Å². The number of hydrogen-bond acceptors (Lipinski definition) is 7. The lowest BCUT2D eigenvalue weighted by Gasteiger charge is -2.06. The van der Waals surface area contributed by atoms with Gasteiger partial charge in [0.25, 0.3) is 5.69 Å². The molecular formula is C10H10N6O2. The number of nitrogens with zero attached hydrogens (tertiary/aromatic N) is 4. The minimum Gasteiger partial charge on any atom is -0.368 e. The van der Waals surface area contributed by atoms with Gasteiger partial charge in [0.1, 0.15) is 5.56 Å². The summed E-state index contributed by atoms with van der Waals surface area (Å²) >= 11 is 0. The standard InChI is InChI=1S/C10H10N6O2/c1-5-3-2-4-6(16(17)18)7(5)8-13-9(11)15-10(12)14-8/h2-4H,1H3,(H4,11,12,13,14,15). The molecule has 0 radical (unpaired) electrons. The Morgan fingerprint density at radius 1 is 1.17 bits per heavy atom. The Kier molecular flexibility index (Phi) is 2.76. The van der Waals surface area contributed by atoms with Crippen molar-refractivity contribution in [2.75, 3.05) is 11.5 Å². The molecule has 1 aromatic carbocycles. The van der Waals surface area contributed by atoms with E-state index in [-0.39, 0.29) is 23.4 Å². The quantitative estimate of drug-likeness (QED) is 0.594. The molecule has 18 heavy (non-hydrogen) atoms. The Bertz CT molecular complexity index is 608. The molecule has 0 fully saturated rings. The van der Waals surface area contributed by atoms with E-state index in [1.54, 1.807) is 19.1 Å². The molecule has 8 nitrogen and oxygen atoms in total. The van der Waals surface area contributed by atoms with Crippen molar-refractivity contribution in [2.45, 2.75) is 6.92 Å². The Hall–Kier alpha value is -2.77. The molecular weight excluding hydrogens is 236 g/mol. The molecule has 1 heterocycles. The summed E-state index contributed by atoms with van der Waals surface area (Å²) in [5.74, 6) is -0.0464. The van der Waals surface area contributed by atoms with Crippen molar-refractivity contribution in [1.29, 1.82) is 0 Å². The van der Waals surface area contributed by atoms with Crippen LogP contribution in [0.15, 0.2) is 18.2 Å². The minimum absolute atomic E-state index is 0.0740. The SMILES string of the molecule is Cc1cccc([N+](=O)[O-])c1-c1nc(N)nc(N)n1. The fourth-order valence-electron chi connectivity index (χ4n) is 1.62. The maximum absolute atomic E-state index is 11.0. The molecule has 2 rings (SSSR count). The topological polar surface area (TPSA) is 134 Å². The van der Waals surface area contributed by atoms with Crippen LogP contribution in [0.4, 0.5) is 17.6 Å². The molecule has 0 aliphatic rings. The van der Waals surface area contributed by atoms with Crippen molar-refractivity contribution in [3.8, 4) is 11.4 Å². The lowest BCUT2D eigenvalue weighted by Crippen LogP contribution is -2.06. The van der Waals surface area contributed by atoms with Gasteiger partial charge >= 0.3 is 0 Å². The summed E-state index contributed by atoms with van der Waals surface area (Å²) in [6.45, 7) is 1.72. The number of aromatic nitrogens is 3. The molecule has 0 aliphatic heterocycles. The maximum atomic E-state index is 11.0. The van der Waals surface area contributed by atoms with Crippen molar-refractivity contribution >= 4 is 17.6 Å². The van der Waals surface area contributed by atoms with Gasteiger partial charge in [0.15, 0.2) is 5.82 Å². The molecule has 0 unspecified atom stereocenters. The number of rotatable bonds is 2. The Morgan fingerprint density at radius 2 is 1.78 bits per heavy atom. The first kappa shape index (κ1) is 11.7. The molecule has 0 amide bonds. The van der Waals surface area contributed by atoms with E-state index in [9.17, 15) is 10.1 Å². The third kappa shape index (κ3) is 2.03. The van der Waals surface area contributed by atoms with Gasteiger partial charge in [0, 0.05) is 6.07 Å². The molecule has 0 spiro atoms. The first-order valence-corrected chi connectivity index (χ1v) is 5.00. The van der Waals surface area contributed by atoms with Gasteiger partial charge in [-0.3, -0.25) is 10.1 Å².